The Balaban J connectivity index is 1.85. The second kappa shape index (κ2) is 10.0. The van der Waals surface area contributed by atoms with E-state index in [4.69, 9.17) is 4.74 Å². The summed E-state index contributed by atoms with van der Waals surface area (Å²) in [7, 11) is 0. The van der Waals surface area contributed by atoms with E-state index < -0.39 is 47.2 Å². The molecule has 0 aliphatic heterocycles. The van der Waals surface area contributed by atoms with Crippen molar-refractivity contribution in [1.29, 1.82) is 0 Å². The van der Waals surface area contributed by atoms with Gasteiger partial charge < -0.3 is 25.2 Å². The molecule has 11 atom stereocenters. The summed E-state index contributed by atoms with van der Waals surface area (Å²) < 4.78 is 5.84. The van der Waals surface area contributed by atoms with Crippen molar-refractivity contribution in [2.75, 3.05) is 0 Å². The molecule has 0 spiro atoms. The van der Waals surface area contributed by atoms with E-state index in [1.54, 1.807) is 0 Å². The van der Waals surface area contributed by atoms with Gasteiger partial charge in [0.1, 0.15) is 6.10 Å². The van der Waals surface area contributed by atoms with Gasteiger partial charge in [-0.3, -0.25) is 4.79 Å². The van der Waals surface area contributed by atoms with Crippen LogP contribution in [0.1, 0.15) is 93.4 Å². The van der Waals surface area contributed by atoms with Crippen molar-refractivity contribution in [1.82, 2.24) is 0 Å². The first-order chi connectivity index (χ1) is 17.6. The van der Waals surface area contributed by atoms with Crippen LogP contribution < -0.4 is 0 Å². The van der Waals surface area contributed by atoms with Crippen molar-refractivity contribution < 1.29 is 34.8 Å². The molecule has 214 valence electrons. The predicted octanol–water partition coefficient (Wildman–Crippen LogP) is 4.64. The van der Waals surface area contributed by atoms with E-state index in [1.165, 1.54) is 6.92 Å². The number of hydrogen-bond acceptors (Lipinski definition) is 6. The predicted molar refractivity (Wildman–Crippen MR) is 144 cm³/mol. The molecule has 38 heavy (non-hydrogen) atoms. The molecule has 0 radical (unpaired) electrons. The molecule has 0 bridgehead atoms. The average Bonchev–Trinajstić information content (AvgIpc) is 3.09. The minimum Gasteiger partial charge on any atom is -0.478 e. The molecule has 7 nitrogen and oxygen atoms in total. The van der Waals surface area contributed by atoms with Gasteiger partial charge >= 0.3 is 11.9 Å². The van der Waals surface area contributed by atoms with E-state index in [9.17, 15) is 30.0 Å². The number of carboxylic acid groups (broad SMARTS) is 1. The third-order valence-electron chi connectivity index (χ3n) is 11.7. The zero-order valence-corrected chi connectivity index (χ0v) is 24.2. The number of hydrogen-bond donors (Lipinski definition) is 4. The van der Waals surface area contributed by atoms with Gasteiger partial charge in [-0.15, -0.1) is 0 Å². The number of carbonyl (C=O) groups excluding carboxylic acids is 1. The van der Waals surface area contributed by atoms with E-state index in [0.717, 1.165) is 24.8 Å². The molecule has 4 rings (SSSR count). The molecule has 0 unspecified atom stereocenters. The van der Waals surface area contributed by atoms with Crippen molar-refractivity contribution in [3.8, 4) is 0 Å². The molecule has 0 aromatic rings. The third-order valence-corrected chi connectivity index (χ3v) is 11.7. The lowest BCUT2D eigenvalue weighted by molar-refractivity contribution is -0.284. The second-order valence-electron chi connectivity index (χ2n) is 13.7. The molecular formula is C31H48O7. The van der Waals surface area contributed by atoms with Crippen LogP contribution >= 0.6 is 0 Å². The number of rotatable bonds is 5. The molecule has 4 aliphatic rings. The highest BCUT2D eigenvalue weighted by Crippen LogP contribution is 2.74. The number of allylic oxidation sites excluding steroid dienone is 2. The lowest BCUT2D eigenvalue weighted by Gasteiger charge is -2.70. The molecule has 0 aromatic carbocycles. The van der Waals surface area contributed by atoms with Gasteiger partial charge in [-0.25, -0.2) is 4.79 Å². The maximum absolute atomic E-state index is 12.6. The highest BCUT2D eigenvalue weighted by atomic mass is 16.5. The van der Waals surface area contributed by atoms with Crippen molar-refractivity contribution in [2.45, 2.75) is 118 Å². The van der Waals surface area contributed by atoms with Gasteiger partial charge in [-0.1, -0.05) is 39.3 Å². The normalized spacial score (nSPS) is 47.3. The minimum atomic E-state index is -1.04. The molecule has 0 amide bonds. The lowest BCUT2D eigenvalue weighted by Crippen LogP contribution is -2.71. The van der Waals surface area contributed by atoms with Crippen LogP contribution in [0.2, 0.25) is 0 Å². The van der Waals surface area contributed by atoms with Gasteiger partial charge in [0.05, 0.1) is 18.3 Å². The standard InChI is InChI=1S/C31H48O7/c1-16(2)9-8-10-19(28(36)37)24-20-11-12-23-29(5)14-13-21(33)17(3)25(29)26(34)27(35)31(23,7)30(20,6)15-22(24)38-18(4)32/h9,17,20-23,25-27,33-35H,8,10-15H2,1-7H3,(H,36,37)/b24-19+/t17-,20+,21-,22+,23+,25-,26-,27+,29-,30+,31-/m1/s1. The van der Waals surface area contributed by atoms with Gasteiger partial charge in [0.25, 0.3) is 0 Å². The van der Waals surface area contributed by atoms with Crippen LogP contribution in [0.25, 0.3) is 0 Å². The topological polar surface area (TPSA) is 124 Å². The first kappa shape index (κ1) is 29.3. The number of fused-ring (bicyclic) bond motifs is 5. The molecule has 4 saturated carbocycles. The van der Waals surface area contributed by atoms with E-state index in [0.29, 0.717) is 36.8 Å². The molecule has 4 aliphatic carbocycles. The highest BCUT2D eigenvalue weighted by Gasteiger charge is 2.73. The Morgan fingerprint density at radius 1 is 1.05 bits per heavy atom. The average molecular weight is 533 g/mol. The van der Waals surface area contributed by atoms with Crippen LogP contribution in [0.5, 0.6) is 0 Å². The SMILES string of the molecule is CC(=O)O[C@H]1C[C@@]2(C)[C@@H](CC[C@H]3[C@@]4(C)CC[C@@H](O)[C@@H](C)[C@@H]4[C@@H](O)[C@H](O)[C@@]32C)/C1=C(/CCC=C(C)C)C(=O)O. The fourth-order valence-corrected chi connectivity index (χ4v) is 9.84. The van der Waals surface area contributed by atoms with Crippen LogP contribution in [-0.2, 0) is 14.3 Å². The summed E-state index contributed by atoms with van der Waals surface area (Å²) >= 11 is 0. The van der Waals surface area contributed by atoms with Crippen LogP contribution in [-0.4, -0.2) is 56.8 Å². The molecule has 4 fully saturated rings. The Morgan fingerprint density at radius 2 is 1.71 bits per heavy atom. The molecule has 7 heteroatoms. The summed E-state index contributed by atoms with van der Waals surface area (Å²) in [6, 6.07) is 0. The monoisotopic (exact) mass is 532 g/mol. The summed E-state index contributed by atoms with van der Waals surface area (Å²) in [4.78, 5) is 24.8. The Labute approximate surface area is 227 Å². The van der Waals surface area contributed by atoms with Crippen LogP contribution in [0.4, 0.5) is 0 Å². The van der Waals surface area contributed by atoms with E-state index >= 15 is 0 Å². The molecule has 0 saturated heterocycles. The van der Waals surface area contributed by atoms with Gasteiger partial charge in [0, 0.05) is 17.9 Å². The Morgan fingerprint density at radius 3 is 2.29 bits per heavy atom. The lowest BCUT2D eigenvalue weighted by atomic mass is 9.35. The number of aliphatic hydroxyl groups is 3. The smallest absolute Gasteiger partial charge is 0.331 e. The fraction of sp³-hybridized carbons (Fsp3) is 0.806. The Hall–Kier alpha value is -1.70. The number of carboxylic acids is 1. The highest BCUT2D eigenvalue weighted by molar-refractivity contribution is 5.88. The van der Waals surface area contributed by atoms with Crippen molar-refractivity contribution in [2.24, 2.45) is 39.9 Å². The number of aliphatic carboxylic acids is 1. The molecule has 4 N–H and O–H groups in total. The zero-order chi connectivity index (χ0) is 28.4. The summed E-state index contributed by atoms with van der Waals surface area (Å²) in [6.07, 6.45) is 3.13. The van der Waals surface area contributed by atoms with Gasteiger partial charge in [0.15, 0.2) is 0 Å². The fourth-order valence-electron chi connectivity index (χ4n) is 9.84. The summed E-state index contributed by atoms with van der Waals surface area (Å²) in [5, 5.41) is 44.6. The Kier molecular flexibility index (Phi) is 7.74. The van der Waals surface area contributed by atoms with Crippen LogP contribution in [0, 0.1) is 39.9 Å². The zero-order valence-electron chi connectivity index (χ0n) is 24.2. The second-order valence-corrected chi connectivity index (χ2v) is 13.7. The number of esters is 1. The minimum absolute atomic E-state index is 0.0749. The van der Waals surface area contributed by atoms with E-state index in [-0.39, 0.29) is 29.1 Å². The van der Waals surface area contributed by atoms with E-state index in [2.05, 4.69) is 20.8 Å². The summed E-state index contributed by atoms with van der Waals surface area (Å²) in [5.41, 5.74) is 0.534. The Bertz CT molecular complexity index is 1030. The quantitative estimate of drug-likeness (QED) is 0.231. The van der Waals surface area contributed by atoms with Gasteiger partial charge in [-0.05, 0) is 98.9 Å². The van der Waals surface area contributed by atoms with Crippen LogP contribution in [0.15, 0.2) is 22.8 Å². The first-order valence-corrected chi connectivity index (χ1v) is 14.4. The summed E-state index contributed by atoms with van der Waals surface area (Å²) in [5.74, 6) is -1.89. The van der Waals surface area contributed by atoms with Crippen molar-refractivity contribution in [3.63, 3.8) is 0 Å². The maximum atomic E-state index is 12.6. The molecular weight excluding hydrogens is 484 g/mol. The van der Waals surface area contributed by atoms with Crippen LogP contribution in [0.3, 0.4) is 0 Å². The first-order valence-electron chi connectivity index (χ1n) is 14.4. The largest absolute Gasteiger partial charge is 0.478 e. The third kappa shape index (κ3) is 4.19. The number of aliphatic hydroxyl groups excluding tert-OH is 3. The number of ether oxygens (including phenoxy) is 1. The van der Waals surface area contributed by atoms with Crippen molar-refractivity contribution >= 4 is 11.9 Å². The number of carbonyl (C=O) groups is 2. The molecule has 0 heterocycles. The van der Waals surface area contributed by atoms with Gasteiger partial charge in [0.2, 0.25) is 0 Å². The van der Waals surface area contributed by atoms with Crippen molar-refractivity contribution in [3.05, 3.63) is 22.8 Å². The maximum Gasteiger partial charge on any atom is 0.331 e. The summed E-state index contributed by atoms with van der Waals surface area (Å²) in [6.45, 7) is 13.7. The van der Waals surface area contributed by atoms with E-state index in [1.807, 2.05) is 26.8 Å². The van der Waals surface area contributed by atoms with Gasteiger partial charge in [-0.2, -0.15) is 0 Å². The molecule has 0 aromatic heterocycles.